The lowest BCUT2D eigenvalue weighted by Gasteiger charge is -2.34. The second-order valence-corrected chi connectivity index (χ2v) is 5.82. The van der Waals surface area contributed by atoms with E-state index in [0.29, 0.717) is 16.9 Å². The molecular weight excluding hydrogens is 242 g/mol. The van der Waals surface area contributed by atoms with Crippen molar-refractivity contribution in [1.29, 1.82) is 0 Å². The molecule has 0 spiro atoms. The third-order valence-corrected chi connectivity index (χ3v) is 3.72. The summed E-state index contributed by atoms with van der Waals surface area (Å²) in [5.41, 5.74) is 6.56. The first-order chi connectivity index (χ1) is 9.02. The van der Waals surface area contributed by atoms with Crippen LogP contribution in [0.5, 0.6) is 5.88 Å². The van der Waals surface area contributed by atoms with E-state index in [0.717, 1.165) is 25.7 Å². The fraction of sp³-hybridized carbons (Fsp3) is 0.571. The summed E-state index contributed by atoms with van der Waals surface area (Å²) in [6, 6.07) is 3.48. The summed E-state index contributed by atoms with van der Waals surface area (Å²) < 4.78 is 5.92. The van der Waals surface area contributed by atoms with Gasteiger partial charge in [0.2, 0.25) is 5.88 Å². The summed E-state index contributed by atoms with van der Waals surface area (Å²) in [6.45, 7) is 4.57. The average molecular weight is 263 g/mol. The number of hydrogen-bond acceptors (Lipinski definition) is 4. The number of rotatable bonds is 3. The van der Waals surface area contributed by atoms with Gasteiger partial charge in [0.25, 0.3) is 0 Å². The van der Waals surface area contributed by atoms with Crippen LogP contribution in [-0.4, -0.2) is 22.1 Å². The van der Waals surface area contributed by atoms with Gasteiger partial charge >= 0.3 is 0 Å². The van der Waals surface area contributed by atoms with E-state index >= 15 is 0 Å². The van der Waals surface area contributed by atoms with Gasteiger partial charge in [-0.1, -0.05) is 19.0 Å². The molecule has 0 unspecified atom stereocenters. The topological polar surface area (TPSA) is 80.7 Å². The normalized spacial score (nSPS) is 20.2. The fourth-order valence-electron chi connectivity index (χ4n) is 2.38. The van der Waals surface area contributed by atoms with Gasteiger partial charge in [0.05, 0.1) is 5.56 Å². The highest BCUT2D eigenvalue weighted by Crippen LogP contribution is 2.36. The summed E-state index contributed by atoms with van der Waals surface area (Å²) in [5, 5.41) is 11.8. The number of aromatic nitrogens is 1. The number of amidine groups is 1. The average Bonchev–Trinajstić information content (AvgIpc) is 2.41. The highest BCUT2D eigenvalue weighted by Gasteiger charge is 2.28. The highest BCUT2D eigenvalue weighted by atomic mass is 16.5. The predicted molar refractivity (Wildman–Crippen MR) is 73.4 cm³/mol. The molecule has 5 heteroatoms. The fourth-order valence-corrected chi connectivity index (χ4v) is 2.38. The van der Waals surface area contributed by atoms with Gasteiger partial charge < -0.3 is 15.7 Å². The van der Waals surface area contributed by atoms with Crippen LogP contribution >= 0.6 is 0 Å². The molecule has 104 valence electrons. The van der Waals surface area contributed by atoms with Crippen LogP contribution in [0.25, 0.3) is 0 Å². The van der Waals surface area contributed by atoms with Crippen molar-refractivity contribution in [2.75, 3.05) is 0 Å². The first-order valence-corrected chi connectivity index (χ1v) is 6.61. The van der Waals surface area contributed by atoms with Crippen molar-refractivity contribution < 1.29 is 9.94 Å². The van der Waals surface area contributed by atoms with E-state index < -0.39 is 0 Å². The van der Waals surface area contributed by atoms with Crippen LogP contribution in [0.2, 0.25) is 0 Å². The zero-order valence-electron chi connectivity index (χ0n) is 11.5. The molecule has 0 aliphatic heterocycles. The lowest BCUT2D eigenvalue weighted by molar-refractivity contribution is 0.0947. The van der Waals surface area contributed by atoms with E-state index in [1.807, 2.05) is 0 Å². The van der Waals surface area contributed by atoms with Gasteiger partial charge in [-0.05, 0) is 43.2 Å². The Morgan fingerprint density at radius 1 is 1.47 bits per heavy atom. The van der Waals surface area contributed by atoms with Gasteiger partial charge in [0.15, 0.2) is 5.84 Å². The van der Waals surface area contributed by atoms with E-state index in [2.05, 4.69) is 24.0 Å². The van der Waals surface area contributed by atoms with Crippen LogP contribution in [0, 0.1) is 5.41 Å². The molecule has 1 aliphatic carbocycles. The standard InChI is InChI=1S/C14H21N3O2/c1-14(2)7-5-10(6-8-14)19-13-11(12(15)17-18)4-3-9-16-13/h3-4,9-10,18H,5-8H2,1-2H3,(H2,15,17). The number of pyridine rings is 1. The van der Waals surface area contributed by atoms with Crippen molar-refractivity contribution in [2.24, 2.45) is 16.3 Å². The third kappa shape index (κ3) is 3.36. The molecule has 1 saturated carbocycles. The third-order valence-electron chi connectivity index (χ3n) is 3.72. The number of hydrogen-bond donors (Lipinski definition) is 2. The van der Waals surface area contributed by atoms with E-state index in [9.17, 15) is 0 Å². The second-order valence-electron chi connectivity index (χ2n) is 5.82. The second kappa shape index (κ2) is 5.47. The molecule has 0 bridgehead atoms. The Morgan fingerprint density at radius 2 is 2.16 bits per heavy atom. The molecule has 3 N–H and O–H groups in total. The van der Waals surface area contributed by atoms with Crippen molar-refractivity contribution in [1.82, 2.24) is 4.98 Å². The Hall–Kier alpha value is -1.78. The first-order valence-electron chi connectivity index (χ1n) is 6.61. The minimum atomic E-state index is 0.0271. The lowest BCUT2D eigenvalue weighted by Crippen LogP contribution is -2.29. The van der Waals surface area contributed by atoms with Gasteiger partial charge in [-0.15, -0.1) is 0 Å². The molecule has 1 aromatic rings. The Morgan fingerprint density at radius 3 is 2.79 bits per heavy atom. The van der Waals surface area contributed by atoms with Crippen molar-refractivity contribution in [3.63, 3.8) is 0 Å². The molecule has 1 aromatic heterocycles. The predicted octanol–water partition coefficient (Wildman–Crippen LogP) is 2.52. The highest BCUT2D eigenvalue weighted by molar-refractivity contribution is 5.98. The molecule has 19 heavy (non-hydrogen) atoms. The number of nitrogens with two attached hydrogens (primary N) is 1. The zero-order chi connectivity index (χ0) is 13.9. The quantitative estimate of drug-likeness (QED) is 0.380. The van der Waals surface area contributed by atoms with E-state index in [1.54, 1.807) is 18.3 Å². The molecular formula is C14H21N3O2. The minimum Gasteiger partial charge on any atom is -0.474 e. The van der Waals surface area contributed by atoms with Crippen LogP contribution < -0.4 is 10.5 Å². The number of oxime groups is 1. The van der Waals surface area contributed by atoms with E-state index in [1.165, 1.54) is 0 Å². The summed E-state index contributed by atoms with van der Waals surface area (Å²) in [4.78, 5) is 4.18. The minimum absolute atomic E-state index is 0.0271. The molecule has 0 saturated heterocycles. The van der Waals surface area contributed by atoms with Crippen molar-refractivity contribution in [3.8, 4) is 5.88 Å². The summed E-state index contributed by atoms with van der Waals surface area (Å²) in [6.07, 6.45) is 6.12. The Bertz CT molecular complexity index is 462. The maximum atomic E-state index is 8.77. The molecule has 2 rings (SSSR count). The van der Waals surface area contributed by atoms with Crippen LogP contribution in [0.4, 0.5) is 0 Å². The largest absolute Gasteiger partial charge is 0.474 e. The van der Waals surface area contributed by atoms with Crippen LogP contribution in [0.3, 0.4) is 0 Å². The van der Waals surface area contributed by atoms with Crippen LogP contribution in [-0.2, 0) is 0 Å². The molecule has 1 fully saturated rings. The smallest absolute Gasteiger partial charge is 0.224 e. The van der Waals surface area contributed by atoms with Crippen LogP contribution in [0.1, 0.15) is 45.1 Å². The molecule has 0 radical (unpaired) electrons. The Balaban J connectivity index is 2.08. The molecule has 0 aromatic carbocycles. The molecule has 1 heterocycles. The molecule has 0 amide bonds. The summed E-state index contributed by atoms with van der Waals surface area (Å²) in [7, 11) is 0. The SMILES string of the molecule is CC1(C)CCC(Oc2ncccc2/C(N)=N/O)CC1. The zero-order valence-corrected chi connectivity index (χ0v) is 11.5. The molecule has 5 nitrogen and oxygen atoms in total. The maximum Gasteiger partial charge on any atom is 0.224 e. The number of ether oxygens (including phenoxy) is 1. The first kappa shape index (κ1) is 13.6. The van der Waals surface area contributed by atoms with Crippen molar-refractivity contribution in [3.05, 3.63) is 23.9 Å². The van der Waals surface area contributed by atoms with Crippen molar-refractivity contribution >= 4 is 5.84 Å². The summed E-state index contributed by atoms with van der Waals surface area (Å²) >= 11 is 0. The monoisotopic (exact) mass is 263 g/mol. The van der Waals surface area contributed by atoms with E-state index in [4.69, 9.17) is 15.7 Å². The summed E-state index contributed by atoms with van der Waals surface area (Å²) in [5.74, 6) is 0.474. The molecule has 1 aliphatic rings. The Labute approximate surface area is 113 Å². The maximum absolute atomic E-state index is 8.77. The van der Waals surface area contributed by atoms with Gasteiger partial charge in [-0.25, -0.2) is 4.98 Å². The Kier molecular flexibility index (Phi) is 3.93. The van der Waals surface area contributed by atoms with Gasteiger partial charge in [-0.2, -0.15) is 0 Å². The number of nitrogens with zero attached hydrogens (tertiary/aromatic N) is 2. The van der Waals surface area contributed by atoms with E-state index in [-0.39, 0.29) is 11.9 Å². The van der Waals surface area contributed by atoms with Gasteiger partial charge in [0.1, 0.15) is 6.10 Å². The van der Waals surface area contributed by atoms with Gasteiger partial charge in [-0.3, -0.25) is 0 Å². The van der Waals surface area contributed by atoms with Crippen LogP contribution in [0.15, 0.2) is 23.5 Å². The van der Waals surface area contributed by atoms with Gasteiger partial charge in [0, 0.05) is 6.20 Å². The van der Waals surface area contributed by atoms with Crippen molar-refractivity contribution in [2.45, 2.75) is 45.6 Å². The lowest BCUT2D eigenvalue weighted by atomic mass is 9.76. The molecule has 0 atom stereocenters.